The largest absolute Gasteiger partial charge is 0.481 e. The molecule has 2 N–H and O–H groups in total. The molecule has 2 atom stereocenters. The van der Waals surface area contributed by atoms with Crippen molar-refractivity contribution in [2.24, 2.45) is 0 Å². The summed E-state index contributed by atoms with van der Waals surface area (Å²) in [7, 11) is 0. The van der Waals surface area contributed by atoms with E-state index in [0.29, 0.717) is 23.4 Å². The van der Waals surface area contributed by atoms with Crippen molar-refractivity contribution in [1.82, 2.24) is 5.32 Å². The van der Waals surface area contributed by atoms with E-state index in [1.165, 1.54) is 5.56 Å². The average molecular weight is 383 g/mol. The van der Waals surface area contributed by atoms with E-state index in [-0.39, 0.29) is 17.9 Å². The lowest BCUT2D eigenvalue weighted by Crippen LogP contribution is -2.35. The van der Waals surface area contributed by atoms with Gasteiger partial charge in [0.05, 0.1) is 11.3 Å². The summed E-state index contributed by atoms with van der Waals surface area (Å²) in [4.78, 5) is 25.3. The highest BCUT2D eigenvalue weighted by atomic mass is 16.5. The first-order valence-electron chi connectivity index (χ1n) is 9.80. The van der Waals surface area contributed by atoms with Gasteiger partial charge in [-0.1, -0.05) is 32.0 Å². The highest BCUT2D eigenvalue weighted by Gasteiger charge is 2.21. The second-order valence-electron chi connectivity index (χ2n) is 7.08. The van der Waals surface area contributed by atoms with Crippen molar-refractivity contribution in [3.05, 3.63) is 59.2 Å². The number of hydrogen-bond donors (Lipinski definition) is 2. The molecule has 150 valence electrons. The van der Waals surface area contributed by atoms with Crippen LogP contribution in [0, 0.1) is 13.8 Å². The number of nitrogens with one attached hydrogen (secondary N) is 2. The summed E-state index contributed by atoms with van der Waals surface area (Å²) >= 11 is 0. The third kappa shape index (κ3) is 5.59. The second kappa shape index (κ2) is 9.93. The summed E-state index contributed by atoms with van der Waals surface area (Å²) in [5, 5.41) is 5.79. The second-order valence-corrected chi connectivity index (χ2v) is 7.08. The average Bonchev–Trinajstić information content (AvgIpc) is 2.68. The molecule has 28 heavy (non-hydrogen) atoms. The van der Waals surface area contributed by atoms with Gasteiger partial charge in [-0.25, -0.2) is 0 Å². The maximum absolute atomic E-state index is 12.8. The van der Waals surface area contributed by atoms with Crippen LogP contribution in [-0.2, 0) is 4.79 Å². The summed E-state index contributed by atoms with van der Waals surface area (Å²) < 4.78 is 5.90. The van der Waals surface area contributed by atoms with Gasteiger partial charge < -0.3 is 15.4 Å². The number of carbonyl (C=O) groups excluding carboxylic acids is 2. The van der Waals surface area contributed by atoms with Crippen molar-refractivity contribution in [1.29, 1.82) is 0 Å². The fourth-order valence-corrected chi connectivity index (χ4v) is 2.68. The zero-order chi connectivity index (χ0) is 20.7. The predicted molar refractivity (Wildman–Crippen MR) is 113 cm³/mol. The van der Waals surface area contributed by atoms with E-state index >= 15 is 0 Å². The van der Waals surface area contributed by atoms with Gasteiger partial charge in [0.1, 0.15) is 5.75 Å². The van der Waals surface area contributed by atoms with Crippen molar-refractivity contribution < 1.29 is 14.3 Å². The molecule has 0 bridgehead atoms. The summed E-state index contributed by atoms with van der Waals surface area (Å²) in [6, 6.07) is 12.8. The summed E-state index contributed by atoms with van der Waals surface area (Å²) in [5.41, 5.74) is 3.21. The Hall–Kier alpha value is -2.82. The molecule has 0 fully saturated rings. The highest BCUT2D eigenvalue weighted by molar-refractivity contribution is 6.04. The van der Waals surface area contributed by atoms with Gasteiger partial charge >= 0.3 is 0 Å². The standard InChI is InChI=1S/C23H30N2O3/c1-6-17(5)24-22(26)19-10-8-9-11-20(19)25-23(27)21(7-2)28-18-13-12-15(3)16(4)14-18/h8-14,17,21H,6-7H2,1-5H3,(H,24,26)(H,25,27). The van der Waals surface area contributed by atoms with Gasteiger partial charge in [0.15, 0.2) is 6.10 Å². The van der Waals surface area contributed by atoms with Crippen LogP contribution in [0.2, 0.25) is 0 Å². The van der Waals surface area contributed by atoms with Gasteiger partial charge in [-0.3, -0.25) is 9.59 Å². The highest BCUT2D eigenvalue weighted by Crippen LogP contribution is 2.20. The van der Waals surface area contributed by atoms with Crippen LogP contribution in [0.4, 0.5) is 5.69 Å². The minimum absolute atomic E-state index is 0.0627. The minimum Gasteiger partial charge on any atom is -0.481 e. The zero-order valence-corrected chi connectivity index (χ0v) is 17.3. The number of ether oxygens (including phenoxy) is 1. The predicted octanol–water partition coefficient (Wildman–Crippen LogP) is 4.63. The van der Waals surface area contributed by atoms with Gasteiger partial charge in [-0.15, -0.1) is 0 Å². The molecule has 2 aromatic rings. The molecule has 0 radical (unpaired) electrons. The first-order valence-corrected chi connectivity index (χ1v) is 9.80. The fraction of sp³-hybridized carbons (Fsp3) is 0.391. The molecule has 0 spiro atoms. The topological polar surface area (TPSA) is 67.4 Å². The van der Waals surface area contributed by atoms with E-state index in [1.54, 1.807) is 24.3 Å². The fourth-order valence-electron chi connectivity index (χ4n) is 2.68. The smallest absolute Gasteiger partial charge is 0.265 e. The summed E-state index contributed by atoms with van der Waals surface area (Å²) in [6.07, 6.45) is 0.704. The Labute approximate surface area is 167 Å². The van der Waals surface area contributed by atoms with Crippen molar-refractivity contribution in [2.75, 3.05) is 5.32 Å². The van der Waals surface area contributed by atoms with Gasteiger partial charge in [-0.05, 0) is 69.0 Å². The minimum atomic E-state index is -0.646. The van der Waals surface area contributed by atoms with Gasteiger partial charge in [0, 0.05) is 6.04 Å². The van der Waals surface area contributed by atoms with Gasteiger partial charge in [0.2, 0.25) is 0 Å². The Morgan fingerprint density at radius 2 is 1.71 bits per heavy atom. The van der Waals surface area contributed by atoms with Crippen molar-refractivity contribution >= 4 is 17.5 Å². The molecular formula is C23H30N2O3. The van der Waals surface area contributed by atoms with E-state index in [0.717, 1.165) is 12.0 Å². The van der Waals surface area contributed by atoms with E-state index in [4.69, 9.17) is 4.74 Å². The molecule has 0 aliphatic heterocycles. The normalized spacial score (nSPS) is 12.8. The van der Waals surface area contributed by atoms with Gasteiger partial charge in [-0.2, -0.15) is 0 Å². The number of anilines is 1. The molecule has 0 aliphatic rings. The Kier molecular flexibility index (Phi) is 7.61. The third-order valence-electron chi connectivity index (χ3n) is 4.84. The molecule has 2 rings (SSSR count). The number of carbonyl (C=O) groups is 2. The summed E-state index contributed by atoms with van der Waals surface area (Å²) in [6.45, 7) is 9.89. The maximum Gasteiger partial charge on any atom is 0.265 e. The lowest BCUT2D eigenvalue weighted by atomic mass is 10.1. The molecule has 2 unspecified atom stereocenters. The Balaban J connectivity index is 2.14. The van der Waals surface area contributed by atoms with Crippen LogP contribution in [0.3, 0.4) is 0 Å². The molecule has 5 heteroatoms. The van der Waals surface area contributed by atoms with Crippen LogP contribution < -0.4 is 15.4 Å². The molecule has 2 aromatic carbocycles. The monoisotopic (exact) mass is 382 g/mol. The molecular weight excluding hydrogens is 352 g/mol. The van der Waals surface area contributed by atoms with Crippen LogP contribution in [0.1, 0.15) is 55.1 Å². The summed E-state index contributed by atoms with van der Waals surface area (Å²) in [5.74, 6) is 0.186. The van der Waals surface area contributed by atoms with Crippen LogP contribution in [-0.4, -0.2) is 24.0 Å². The van der Waals surface area contributed by atoms with Crippen LogP contribution in [0.15, 0.2) is 42.5 Å². The number of rotatable bonds is 8. The number of para-hydroxylation sites is 1. The van der Waals surface area contributed by atoms with E-state index in [2.05, 4.69) is 10.6 Å². The molecule has 0 saturated heterocycles. The van der Waals surface area contributed by atoms with Crippen molar-refractivity contribution in [3.8, 4) is 5.75 Å². The van der Waals surface area contributed by atoms with Crippen molar-refractivity contribution in [3.63, 3.8) is 0 Å². The van der Waals surface area contributed by atoms with Crippen molar-refractivity contribution in [2.45, 2.75) is 59.6 Å². The lowest BCUT2D eigenvalue weighted by Gasteiger charge is -2.19. The van der Waals surface area contributed by atoms with Crippen LogP contribution in [0.5, 0.6) is 5.75 Å². The number of benzene rings is 2. The van der Waals surface area contributed by atoms with Crippen LogP contribution in [0.25, 0.3) is 0 Å². The maximum atomic E-state index is 12.8. The molecule has 5 nitrogen and oxygen atoms in total. The number of amides is 2. The SMILES string of the molecule is CCC(C)NC(=O)c1ccccc1NC(=O)C(CC)Oc1ccc(C)c(C)c1. The first kappa shape index (κ1) is 21.5. The Morgan fingerprint density at radius 1 is 1.00 bits per heavy atom. The Morgan fingerprint density at radius 3 is 2.36 bits per heavy atom. The molecule has 0 heterocycles. The van der Waals surface area contributed by atoms with Crippen LogP contribution >= 0.6 is 0 Å². The zero-order valence-electron chi connectivity index (χ0n) is 17.3. The molecule has 0 aliphatic carbocycles. The van der Waals surface area contributed by atoms with E-state index in [9.17, 15) is 9.59 Å². The van der Waals surface area contributed by atoms with Gasteiger partial charge in [0.25, 0.3) is 11.8 Å². The van der Waals surface area contributed by atoms with E-state index < -0.39 is 6.10 Å². The number of aryl methyl sites for hydroxylation is 2. The quantitative estimate of drug-likeness (QED) is 0.699. The molecule has 0 aromatic heterocycles. The third-order valence-corrected chi connectivity index (χ3v) is 4.84. The molecule has 0 saturated carbocycles. The Bertz CT molecular complexity index is 832. The first-order chi connectivity index (χ1) is 13.3. The van der Waals surface area contributed by atoms with E-state index in [1.807, 2.05) is 52.8 Å². The molecule has 2 amide bonds. The number of hydrogen-bond acceptors (Lipinski definition) is 3. The lowest BCUT2D eigenvalue weighted by molar-refractivity contribution is -0.122.